The lowest BCUT2D eigenvalue weighted by atomic mass is 10.1. The molecule has 1 N–H and O–H groups in total. The molecule has 1 aliphatic rings. The van der Waals surface area contributed by atoms with Gasteiger partial charge < -0.3 is 14.8 Å². The van der Waals surface area contributed by atoms with Crippen LogP contribution >= 0.6 is 11.3 Å². The van der Waals surface area contributed by atoms with Crippen LogP contribution in [0, 0.1) is 0 Å². The number of nitrogens with one attached hydrogen (secondary N) is 1. The van der Waals surface area contributed by atoms with Crippen molar-refractivity contribution in [3.8, 4) is 11.5 Å². The molecule has 3 aromatic rings. The van der Waals surface area contributed by atoms with Crippen LogP contribution in [0.3, 0.4) is 0 Å². The molecule has 148 valence electrons. The summed E-state index contributed by atoms with van der Waals surface area (Å²) in [4.78, 5) is 29.9. The second-order valence-corrected chi connectivity index (χ2v) is 7.74. The molecule has 0 radical (unpaired) electrons. The Morgan fingerprint density at radius 1 is 1.00 bits per heavy atom. The van der Waals surface area contributed by atoms with Crippen molar-refractivity contribution in [2.24, 2.45) is 0 Å². The molecule has 0 saturated heterocycles. The molecule has 29 heavy (non-hydrogen) atoms. The highest BCUT2D eigenvalue weighted by Gasteiger charge is 2.16. The third-order valence-corrected chi connectivity index (χ3v) is 5.38. The summed E-state index contributed by atoms with van der Waals surface area (Å²) in [7, 11) is 0. The van der Waals surface area contributed by atoms with E-state index >= 15 is 0 Å². The summed E-state index contributed by atoms with van der Waals surface area (Å²) >= 11 is 1.44. The zero-order chi connectivity index (χ0) is 20.1. The Balaban J connectivity index is 1.28. The molecule has 0 unspecified atom stereocenters. The van der Waals surface area contributed by atoms with Gasteiger partial charge >= 0.3 is 0 Å². The van der Waals surface area contributed by atoms with Crippen molar-refractivity contribution in [1.29, 1.82) is 0 Å². The standard InChI is InChI=1S/C22H20N2O4S/c25-18(16-6-8-19-20(13-16)28-11-10-27-19)7-9-21(26)24-22-23-14-17(29-22)12-15-4-2-1-3-5-15/h1-6,8,13-14H,7,9-12H2,(H,23,24,26). The molecule has 1 aromatic heterocycles. The molecule has 1 amide bonds. The van der Waals surface area contributed by atoms with Gasteiger partial charge in [-0.15, -0.1) is 11.3 Å². The number of rotatable bonds is 7. The van der Waals surface area contributed by atoms with E-state index in [0.717, 1.165) is 11.3 Å². The highest BCUT2D eigenvalue weighted by molar-refractivity contribution is 7.15. The number of Topliss-reactive ketones (excluding diaryl/α,β-unsaturated/α-hetero) is 1. The minimum absolute atomic E-state index is 0.0981. The molecule has 6 nitrogen and oxygen atoms in total. The van der Waals surface area contributed by atoms with E-state index in [9.17, 15) is 9.59 Å². The largest absolute Gasteiger partial charge is 0.486 e. The van der Waals surface area contributed by atoms with Gasteiger partial charge in [0.2, 0.25) is 5.91 Å². The average molecular weight is 408 g/mol. The maximum absolute atomic E-state index is 12.4. The molecule has 0 spiro atoms. The molecular formula is C22H20N2O4S. The monoisotopic (exact) mass is 408 g/mol. The number of ether oxygens (including phenoxy) is 2. The van der Waals surface area contributed by atoms with E-state index in [4.69, 9.17) is 9.47 Å². The fraction of sp³-hybridized carbons (Fsp3) is 0.227. The number of hydrogen-bond acceptors (Lipinski definition) is 6. The maximum Gasteiger partial charge on any atom is 0.226 e. The first-order valence-corrected chi connectivity index (χ1v) is 10.2. The fourth-order valence-electron chi connectivity index (χ4n) is 3.01. The quantitative estimate of drug-likeness (QED) is 0.596. The summed E-state index contributed by atoms with van der Waals surface area (Å²) in [5, 5.41) is 3.33. The summed E-state index contributed by atoms with van der Waals surface area (Å²) in [5.74, 6) is 0.874. The molecule has 2 aromatic carbocycles. The van der Waals surface area contributed by atoms with Gasteiger partial charge in [-0.05, 0) is 23.8 Å². The normalized spacial score (nSPS) is 12.4. The number of carbonyl (C=O) groups is 2. The lowest BCUT2D eigenvalue weighted by Gasteiger charge is -2.18. The zero-order valence-corrected chi connectivity index (χ0v) is 16.5. The number of benzene rings is 2. The average Bonchev–Trinajstić information content (AvgIpc) is 3.19. The Morgan fingerprint density at radius 3 is 2.62 bits per heavy atom. The first-order valence-electron chi connectivity index (χ1n) is 9.39. The Bertz CT molecular complexity index is 1020. The van der Waals surface area contributed by atoms with Gasteiger partial charge in [-0.1, -0.05) is 30.3 Å². The van der Waals surface area contributed by atoms with Crippen LogP contribution in [-0.2, 0) is 11.2 Å². The second kappa shape index (κ2) is 8.87. The number of fused-ring (bicyclic) bond motifs is 1. The van der Waals surface area contributed by atoms with Gasteiger partial charge in [0.15, 0.2) is 22.4 Å². The molecule has 0 saturated carbocycles. The number of hydrogen-bond donors (Lipinski definition) is 1. The van der Waals surface area contributed by atoms with Crippen LogP contribution in [0.25, 0.3) is 0 Å². The Kier molecular flexibility index (Phi) is 5.86. The molecule has 1 aliphatic heterocycles. The first kappa shape index (κ1) is 19.1. The van der Waals surface area contributed by atoms with Crippen LogP contribution < -0.4 is 14.8 Å². The lowest BCUT2D eigenvalue weighted by Crippen LogP contribution is -2.16. The predicted octanol–water partition coefficient (Wildman–Crippen LogP) is 4.11. The van der Waals surface area contributed by atoms with Crippen molar-refractivity contribution in [2.75, 3.05) is 18.5 Å². The summed E-state index contributed by atoms with van der Waals surface area (Å²) < 4.78 is 11.0. The molecule has 7 heteroatoms. The molecular weight excluding hydrogens is 388 g/mol. The van der Waals surface area contributed by atoms with Crippen molar-refractivity contribution >= 4 is 28.2 Å². The molecule has 0 aliphatic carbocycles. The second-order valence-electron chi connectivity index (χ2n) is 6.62. The van der Waals surface area contributed by atoms with Crippen LogP contribution in [-0.4, -0.2) is 29.9 Å². The van der Waals surface area contributed by atoms with E-state index < -0.39 is 0 Å². The first-order chi connectivity index (χ1) is 14.2. The van der Waals surface area contributed by atoms with Crippen molar-refractivity contribution in [3.63, 3.8) is 0 Å². The molecule has 2 heterocycles. The van der Waals surface area contributed by atoms with Crippen molar-refractivity contribution < 1.29 is 19.1 Å². The number of aromatic nitrogens is 1. The Labute approximate surface area is 172 Å². The lowest BCUT2D eigenvalue weighted by molar-refractivity contribution is -0.116. The van der Waals surface area contributed by atoms with Gasteiger partial charge in [-0.2, -0.15) is 0 Å². The number of nitrogens with zero attached hydrogens (tertiary/aromatic N) is 1. The van der Waals surface area contributed by atoms with Crippen LogP contribution in [0.2, 0.25) is 0 Å². The molecule has 4 rings (SSSR count). The zero-order valence-electron chi connectivity index (χ0n) is 15.7. The summed E-state index contributed by atoms with van der Waals surface area (Å²) in [6, 6.07) is 15.2. The maximum atomic E-state index is 12.4. The minimum atomic E-state index is -0.225. The highest BCUT2D eigenvalue weighted by Crippen LogP contribution is 2.31. The van der Waals surface area contributed by atoms with E-state index in [0.29, 0.717) is 35.4 Å². The predicted molar refractivity (Wildman–Crippen MR) is 111 cm³/mol. The van der Waals surface area contributed by atoms with Gasteiger partial charge in [0, 0.05) is 35.9 Å². The van der Waals surface area contributed by atoms with Crippen molar-refractivity contribution in [3.05, 3.63) is 70.7 Å². The SMILES string of the molecule is O=C(CCC(=O)c1ccc2c(c1)OCCO2)Nc1ncc(Cc2ccccc2)s1. The van der Waals surface area contributed by atoms with Crippen LogP contribution in [0.1, 0.15) is 33.6 Å². The van der Waals surface area contributed by atoms with Crippen LogP contribution in [0.5, 0.6) is 11.5 Å². The van der Waals surface area contributed by atoms with Gasteiger partial charge in [-0.25, -0.2) is 4.98 Å². The van der Waals surface area contributed by atoms with Crippen LogP contribution in [0.15, 0.2) is 54.7 Å². The smallest absolute Gasteiger partial charge is 0.226 e. The van der Waals surface area contributed by atoms with Gasteiger partial charge in [0.1, 0.15) is 13.2 Å². The fourth-order valence-corrected chi connectivity index (χ4v) is 3.88. The van der Waals surface area contributed by atoms with Gasteiger partial charge in [0.05, 0.1) is 0 Å². The number of anilines is 1. The number of ketones is 1. The summed E-state index contributed by atoms with van der Waals surface area (Å²) in [5.41, 5.74) is 1.71. The van der Waals surface area contributed by atoms with Crippen LogP contribution in [0.4, 0.5) is 5.13 Å². The van der Waals surface area contributed by atoms with E-state index in [1.807, 2.05) is 18.2 Å². The summed E-state index contributed by atoms with van der Waals surface area (Å²) in [6.07, 6.45) is 2.76. The van der Waals surface area contributed by atoms with Crippen molar-refractivity contribution in [2.45, 2.75) is 19.3 Å². The molecule has 0 fully saturated rings. The van der Waals surface area contributed by atoms with Crippen molar-refractivity contribution in [1.82, 2.24) is 4.98 Å². The third kappa shape index (κ3) is 5.00. The number of carbonyl (C=O) groups excluding carboxylic acids is 2. The van der Waals surface area contributed by atoms with Gasteiger partial charge in [0.25, 0.3) is 0 Å². The highest BCUT2D eigenvalue weighted by atomic mass is 32.1. The Hall–Kier alpha value is -3.19. The van der Waals surface area contributed by atoms with E-state index in [1.54, 1.807) is 24.4 Å². The van der Waals surface area contributed by atoms with E-state index in [2.05, 4.69) is 22.4 Å². The van der Waals surface area contributed by atoms with Gasteiger partial charge in [-0.3, -0.25) is 9.59 Å². The van der Waals surface area contributed by atoms with E-state index in [1.165, 1.54) is 16.9 Å². The number of amides is 1. The minimum Gasteiger partial charge on any atom is -0.486 e. The topological polar surface area (TPSA) is 77.5 Å². The molecule has 0 atom stereocenters. The Morgan fingerprint density at radius 2 is 1.79 bits per heavy atom. The van der Waals surface area contributed by atoms with E-state index in [-0.39, 0.29) is 24.5 Å². The summed E-state index contributed by atoms with van der Waals surface area (Å²) in [6.45, 7) is 0.970. The third-order valence-electron chi connectivity index (χ3n) is 4.46. The number of thiazole rings is 1. The molecule has 0 bridgehead atoms.